The number of nitrogens with zero attached hydrogens (tertiary/aromatic N) is 1. The molecule has 1 atom stereocenters. The van der Waals surface area contributed by atoms with Crippen molar-refractivity contribution < 1.29 is 14.3 Å². The normalized spacial score (nSPS) is 16.9. The topological polar surface area (TPSA) is 92.4 Å². The van der Waals surface area contributed by atoms with E-state index in [9.17, 15) is 9.59 Å². The van der Waals surface area contributed by atoms with Crippen molar-refractivity contribution in [2.75, 3.05) is 30.4 Å². The summed E-state index contributed by atoms with van der Waals surface area (Å²) in [5.74, 6) is -0.315. The maximum absolute atomic E-state index is 12.2. The maximum atomic E-state index is 12.2. The SMILES string of the molecule is O=C(CC1COCCN1)Nc1ccc(C(=O)Nc2cccnc2)cc1. The zero-order valence-corrected chi connectivity index (χ0v) is 13.7. The Labute approximate surface area is 145 Å². The molecular formula is C18H20N4O3. The lowest BCUT2D eigenvalue weighted by Gasteiger charge is -2.23. The second-order valence-electron chi connectivity index (χ2n) is 5.75. The van der Waals surface area contributed by atoms with Gasteiger partial charge >= 0.3 is 0 Å². The molecule has 0 spiro atoms. The molecule has 3 rings (SSSR count). The summed E-state index contributed by atoms with van der Waals surface area (Å²) in [6.45, 7) is 1.99. The molecule has 1 aromatic heterocycles. The van der Waals surface area contributed by atoms with Gasteiger partial charge in [-0.3, -0.25) is 14.6 Å². The minimum Gasteiger partial charge on any atom is -0.378 e. The van der Waals surface area contributed by atoms with Crippen molar-refractivity contribution in [2.45, 2.75) is 12.5 Å². The zero-order valence-electron chi connectivity index (χ0n) is 13.7. The number of morpholine rings is 1. The van der Waals surface area contributed by atoms with E-state index in [0.29, 0.717) is 36.6 Å². The highest BCUT2D eigenvalue weighted by atomic mass is 16.5. The fourth-order valence-corrected chi connectivity index (χ4v) is 2.53. The molecule has 1 unspecified atom stereocenters. The van der Waals surface area contributed by atoms with Crippen LogP contribution in [-0.2, 0) is 9.53 Å². The third kappa shape index (κ3) is 5.10. The molecule has 1 saturated heterocycles. The summed E-state index contributed by atoms with van der Waals surface area (Å²) in [6.07, 6.45) is 3.57. The smallest absolute Gasteiger partial charge is 0.255 e. The Balaban J connectivity index is 1.52. The molecule has 0 aliphatic carbocycles. The van der Waals surface area contributed by atoms with Crippen molar-refractivity contribution >= 4 is 23.2 Å². The van der Waals surface area contributed by atoms with Crippen molar-refractivity contribution in [2.24, 2.45) is 0 Å². The molecule has 2 heterocycles. The monoisotopic (exact) mass is 340 g/mol. The van der Waals surface area contributed by atoms with E-state index < -0.39 is 0 Å². The lowest BCUT2D eigenvalue weighted by molar-refractivity contribution is -0.117. The van der Waals surface area contributed by atoms with Crippen LogP contribution < -0.4 is 16.0 Å². The molecule has 0 bridgehead atoms. The number of anilines is 2. The van der Waals surface area contributed by atoms with E-state index in [1.54, 1.807) is 48.8 Å². The third-order valence-corrected chi connectivity index (χ3v) is 3.78. The van der Waals surface area contributed by atoms with Crippen LogP contribution in [0.1, 0.15) is 16.8 Å². The molecule has 1 aliphatic heterocycles. The summed E-state index contributed by atoms with van der Waals surface area (Å²) in [6, 6.07) is 10.3. The van der Waals surface area contributed by atoms with Crippen LogP contribution in [0.15, 0.2) is 48.8 Å². The molecule has 0 saturated carbocycles. The number of carbonyl (C=O) groups is 2. The molecule has 130 valence electrons. The number of hydrogen-bond donors (Lipinski definition) is 3. The minimum atomic E-state index is -0.227. The van der Waals surface area contributed by atoms with Crippen LogP contribution in [0.5, 0.6) is 0 Å². The van der Waals surface area contributed by atoms with Gasteiger partial charge in [0.05, 0.1) is 25.1 Å². The van der Waals surface area contributed by atoms with Gasteiger partial charge < -0.3 is 20.7 Å². The number of aromatic nitrogens is 1. The summed E-state index contributed by atoms with van der Waals surface area (Å²) in [4.78, 5) is 28.2. The van der Waals surface area contributed by atoms with Gasteiger partial charge in [-0.05, 0) is 36.4 Å². The Morgan fingerprint density at radius 2 is 2.00 bits per heavy atom. The summed E-state index contributed by atoms with van der Waals surface area (Å²) in [5, 5.41) is 8.83. The summed E-state index contributed by atoms with van der Waals surface area (Å²) in [5.41, 5.74) is 1.79. The van der Waals surface area contributed by atoms with Gasteiger partial charge in [0.2, 0.25) is 5.91 Å². The van der Waals surface area contributed by atoms with E-state index in [1.807, 2.05) is 0 Å². The van der Waals surface area contributed by atoms with Crippen LogP contribution >= 0.6 is 0 Å². The molecule has 25 heavy (non-hydrogen) atoms. The molecule has 3 N–H and O–H groups in total. The fourth-order valence-electron chi connectivity index (χ4n) is 2.53. The maximum Gasteiger partial charge on any atom is 0.255 e. The van der Waals surface area contributed by atoms with Crippen LogP contribution in [0.4, 0.5) is 11.4 Å². The molecule has 2 aromatic rings. The zero-order chi connectivity index (χ0) is 17.5. The lowest BCUT2D eigenvalue weighted by Crippen LogP contribution is -2.43. The van der Waals surface area contributed by atoms with Crippen LogP contribution in [-0.4, -0.2) is 42.6 Å². The summed E-state index contributed by atoms with van der Waals surface area (Å²) < 4.78 is 5.33. The number of rotatable bonds is 5. The number of pyridine rings is 1. The number of carbonyl (C=O) groups excluding carboxylic acids is 2. The van der Waals surface area contributed by atoms with Gasteiger partial charge in [-0.25, -0.2) is 0 Å². The van der Waals surface area contributed by atoms with E-state index in [1.165, 1.54) is 0 Å². The molecule has 1 fully saturated rings. The van der Waals surface area contributed by atoms with Crippen molar-refractivity contribution in [3.8, 4) is 0 Å². The Hall–Kier alpha value is -2.77. The molecule has 7 nitrogen and oxygen atoms in total. The first-order valence-corrected chi connectivity index (χ1v) is 8.13. The highest BCUT2D eigenvalue weighted by Crippen LogP contribution is 2.13. The van der Waals surface area contributed by atoms with Gasteiger partial charge in [-0.15, -0.1) is 0 Å². The van der Waals surface area contributed by atoms with Crippen molar-refractivity contribution in [1.82, 2.24) is 10.3 Å². The van der Waals surface area contributed by atoms with E-state index >= 15 is 0 Å². The summed E-state index contributed by atoms with van der Waals surface area (Å²) >= 11 is 0. The molecule has 7 heteroatoms. The van der Waals surface area contributed by atoms with Crippen molar-refractivity contribution in [3.63, 3.8) is 0 Å². The van der Waals surface area contributed by atoms with Crippen molar-refractivity contribution in [1.29, 1.82) is 0 Å². The standard InChI is InChI=1S/C18H20N4O3/c23-17(10-16-12-25-9-8-20-16)21-14-5-3-13(4-6-14)18(24)22-15-2-1-7-19-11-15/h1-7,11,16,20H,8-10,12H2,(H,21,23)(H,22,24). The predicted molar refractivity (Wildman–Crippen MR) is 94.5 cm³/mol. The first-order valence-electron chi connectivity index (χ1n) is 8.13. The van der Waals surface area contributed by atoms with Gasteiger partial charge in [0.1, 0.15) is 0 Å². The number of nitrogens with one attached hydrogen (secondary N) is 3. The van der Waals surface area contributed by atoms with Gasteiger partial charge in [0.25, 0.3) is 5.91 Å². The number of benzene rings is 1. The molecule has 1 aliphatic rings. The number of ether oxygens (including phenoxy) is 1. The first kappa shape index (κ1) is 17.1. The average Bonchev–Trinajstić information content (AvgIpc) is 2.64. The highest BCUT2D eigenvalue weighted by Gasteiger charge is 2.17. The van der Waals surface area contributed by atoms with Gasteiger partial charge in [0, 0.05) is 36.5 Å². The van der Waals surface area contributed by atoms with Crippen LogP contribution in [0.25, 0.3) is 0 Å². The van der Waals surface area contributed by atoms with Gasteiger partial charge in [-0.1, -0.05) is 0 Å². The molecule has 1 aromatic carbocycles. The first-order chi connectivity index (χ1) is 12.2. The lowest BCUT2D eigenvalue weighted by atomic mass is 10.1. The second-order valence-corrected chi connectivity index (χ2v) is 5.75. The molecular weight excluding hydrogens is 320 g/mol. The van der Waals surface area contributed by atoms with Crippen LogP contribution in [0.3, 0.4) is 0 Å². The molecule has 0 radical (unpaired) electrons. The van der Waals surface area contributed by atoms with E-state index in [-0.39, 0.29) is 17.9 Å². The Kier molecular flexibility index (Phi) is 5.71. The Morgan fingerprint density at radius 1 is 1.16 bits per heavy atom. The van der Waals surface area contributed by atoms with Crippen LogP contribution in [0, 0.1) is 0 Å². The highest BCUT2D eigenvalue weighted by molar-refractivity contribution is 6.04. The van der Waals surface area contributed by atoms with Crippen LogP contribution in [0.2, 0.25) is 0 Å². The average molecular weight is 340 g/mol. The Bertz CT molecular complexity index is 713. The minimum absolute atomic E-state index is 0.0401. The van der Waals surface area contributed by atoms with E-state index in [0.717, 1.165) is 6.54 Å². The van der Waals surface area contributed by atoms with Gasteiger partial charge in [0.15, 0.2) is 0 Å². The predicted octanol–water partition coefficient (Wildman–Crippen LogP) is 1.65. The summed E-state index contributed by atoms with van der Waals surface area (Å²) in [7, 11) is 0. The van der Waals surface area contributed by atoms with E-state index in [2.05, 4.69) is 20.9 Å². The van der Waals surface area contributed by atoms with Crippen molar-refractivity contribution in [3.05, 3.63) is 54.4 Å². The molecule has 2 amide bonds. The number of hydrogen-bond acceptors (Lipinski definition) is 5. The van der Waals surface area contributed by atoms with Gasteiger partial charge in [-0.2, -0.15) is 0 Å². The quantitative estimate of drug-likeness (QED) is 0.770. The van der Waals surface area contributed by atoms with E-state index in [4.69, 9.17) is 4.74 Å². The fraction of sp³-hybridized carbons (Fsp3) is 0.278. The third-order valence-electron chi connectivity index (χ3n) is 3.78. The second kappa shape index (κ2) is 8.36. The Morgan fingerprint density at radius 3 is 2.68 bits per heavy atom. The largest absolute Gasteiger partial charge is 0.378 e. The number of amides is 2.